The van der Waals surface area contributed by atoms with Gasteiger partial charge < -0.3 is 4.74 Å². The van der Waals surface area contributed by atoms with E-state index < -0.39 is 0 Å². The van der Waals surface area contributed by atoms with Gasteiger partial charge in [-0.1, -0.05) is 36.4 Å². The summed E-state index contributed by atoms with van der Waals surface area (Å²) in [5, 5.41) is 0. The third-order valence-corrected chi connectivity index (χ3v) is 4.37. The predicted octanol–water partition coefficient (Wildman–Crippen LogP) is 3.83. The van der Waals surface area contributed by atoms with Crippen LogP contribution in [0.3, 0.4) is 0 Å². The van der Waals surface area contributed by atoms with Crippen LogP contribution in [0, 0.1) is 5.92 Å². The van der Waals surface area contributed by atoms with E-state index in [4.69, 9.17) is 4.74 Å². The molecule has 106 valence electrons. The largest absolute Gasteiger partial charge is 0.490 e. The Morgan fingerprint density at radius 2 is 1.67 bits per heavy atom. The first-order valence-electron chi connectivity index (χ1n) is 7.67. The summed E-state index contributed by atoms with van der Waals surface area (Å²) in [6.45, 7) is 0. The fourth-order valence-corrected chi connectivity index (χ4v) is 3.08. The summed E-state index contributed by atoms with van der Waals surface area (Å²) in [5.41, 5.74) is 3.42. The zero-order valence-corrected chi connectivity index (χ0v) is 11.9. The minimum atomic E-state index is 0.0820. The lowest BCUT2D eigenvalue weighted by Crippen LogP contribution is -2.15. The number of carbonyl (C=O) groups is 1. The SMILES string of the molecule is O=C(c1cccc(OC2CC2)c1)C1Cc2ccccc2C1. The van der Waals surface area contributed by atoms with Crippen molar-refractivity contribution < 1.29 is 9.53 Å². The molecule has 2 aliphatic carbocycles. The maximum Gasteiger partial charge on any atom is 0.166 e. The fourth-order valence-electron chi connectivity index (χ4n) is 3.08. The van der Waals surface area contributed by atoms with Crippen molar-refractivity contribution in [2.24, 2.45) is 5.92 Å². The van der Waals surface area contributed by atoms with Crippen molar-refractivity contribution in [2.45, 2.75) is 31.8 Å². The van der Waals surface area contributed by atoms with E-state index in [1.807, 2.05) is 24.3 Å². The van der Waals surface area contributed by atoms with E-state index in [2.05, 4.69) is 24.3 Å². The minimum Gasteiger partial charge on any atom is -0.490 e. The molecule has 1 fully saturated rings. The van der Waals surface area contributed by atoms with Gasteiger partial charge in [0.15, 0.2) is 5.78 Å². The maximum absolute atomic E-state index is 12.7. The van der Waals surface area contributed by atoms with Crippen LogP contribution in [0.5, 0.6) is 5.75 Å². The summed E-state index contributed by atoms with van der Waals surface area (Å²) in [6.07, 6.45) is 4.36. The molecule has 0 saturated heterocycles. The lowest BCUT2D eigenvalue weighted by molar-refractivity contribution is 0.0924. The van der Waals surface area contributed by atoms with Gasteiger partial charge in [0.1, 0.15) is 5.75 Å². The standard InChI is InChI=1S/C19H18O2/c20-19(16-10-13-4-1-2-5-14(13)11-16)15-6-3-7-18(12-15)21-17-8-9-17/h1-7,12,16-17H,8-11H2. The van der Waals surface area contributed by atoms with Crippen molar-refractivity contribution in [3.63, 3.8) is 0 Å². The van der Waals surface area contributed by atoms with Gasteiger partial charge in [0.05, 0.1) is 6.10 Å². The normalized spacial score (nSPS) is 17.5. The Morgan fingerprint density at radius 3 is 2.33 bits per heavy atom. The molecule has 21 heavy (non-hydrogen) atoms. The van der Waals surface area contributed by atoms with Crippen LogP contribution in [0.2, 0.25) is 0 Å². The highest BCUT2D eigenvalue weighted by atomic mass is 16.5. The molecule has 2 aliphatic rings. The Kier molecular flexibility index (Phi) is 3.03. The zero-order valence-electron chi connectivity index (χ0n) is 11.9. The van der Waals surface area contributed by atoms with Gasteiger partial charge in [-0.3, -0.25) is 4.79 Å². The first-order chi connectivity index (χ1) is 10.3. The number of ether oxygens (including phenoxy) is 1. The number of rotatable bonds is 4. The molecule has 0 aliphatic heterocycles. The van der Waals surface area contributed by atoms with E-state index in [1.54, 1.807) is 0 Å². The Labute approximate surface area is 124 Å². The molecule has 2 aromatic rings. The third-order valence-electron chi connectivity index (χ3n) is 4.37. The molecule has 0 atom stereocenters. The minimum absolute atomic E-state index is 0.0820. The van der Waals surface area contributed by atoms with Gasteiger partial charge in [-0.2, -0.15) is 0 Å². The molecule has 0 bridgehead atoms. The number of ketones is 1. The molecule has 0 unspecified atom stereocenters. The second kappa shape index (κ2) is 5.03. The summed E-state index contributed by atoms with van der Waals surface area (Å²) in [4.78, 5) is 12.7. The Balaban J connectivity index is 1.53. The number of fused-ring (bicyclic) bond motifs is 1. The van der Waals surface area contributed by atoms with E-state index >= 15 is 0 Å². The second-order valence-electron chi connectivity index (χ2n) is 6.08. The third kappa shape index (κ3) is 2.58. The van der Waals surface area contributed by atoms with Crippen LogP contribution >= 0.6 is 0 Å². The number of benzene rings is 2. The van der Waals surface area contributed by atoms with Gasteiger partial charge in [-0.05, 0) is 48.9 Å². The summed E-state index contributed by atoms with van der Waals surface area (Å²) in [6, 6.07) is 16.1. The van der Waals surface area contributed by atoms with E-state index in [-0.39, 0.29) is 11.7 Å². The van der Waals surface area contributed by atoms with Crippen molar-refractivity contribution in [3.05, 3.63) is 65.2 Å². The lowest BCUT2D eigenvalue weighted by Gasteiger charge is -2.10. The summed E-state index contributed by atoms with van der Waals surface area (Å²) >= 11 is 0. The van der Waals surface area contributed by atoms with Crippen molar-refractivity contribution in [1.82, 2.24) is 0 Å². The van der Waals surface area contributed by atoms with E-state index in [9.17, 15) is 4.79 Å². The van der Waals surface area contributed by atoms with Gasteiger partial charge in [0.2, 0.25) is 0 Å². The quantitative estimate of drug-likeness (QED) is 0.795. The Bertz CT molecular complexity index is 660. The molecule has 1 saturated carbocycles. The molecular weight excluding hydrogens is 260 g/mol. The lowest BCUT2D eigenvalue weighted by atomic mass is 9.95. The summed E-state index contributed by atoms with van der Waals surface area (Å²) in [7, 11) is 0. The van der Waals surface area contributed by atoms with Crippen LogP contribution in [0.1, 0.15) is 34.3 Å². The smallest absolute Gasteiger partial charge is 0.166 e. The van der Waals surface area contributed by atoms with Gasteiger partial charge >= 0.3 is 0 Å². The Morgan fingerprint density at radius 1 is 0.952 bits per heavy atom. The molecule has 0 heterocycles. The average molecular weight is 278 g/mol. The van der Waals surface area contributed by atoms with Crippen molar-refractivity contribution in [2.75, 3.05) is 0 Å². The number of carbonyl (C=O) groups excluding carboxylic acids is 1. The predicted molar refractivity (Wildman–Crippen MR) is 81.8 cm³/mol. The molecule has 2 nitrogen and oxygen atoms in total. The molecule has 2 aromatic carbocycles. The first kappa shape index (κ1) is 12.6. The zero-order chi connectivity index (χ0) is 14.2. The topological polar surface area (TPSA) is 26.3 Å². The van der Waals surface area contributed by atoms with E-state index in [0.29, 0.717) is 6.10 Å². The molecule has 0 radical (unpaired) electrons. The van der Waals surface area contributed by atoms with Crippen molar-refractivity contribution in [1.29, 1.82) is 0 Å². The van der Waals surface area contributed by atoms with Crippen LogP contribution < -0.4 is 4.74 Å². The highest BCUT2D eigenvalue weighted by molar-refractivity contribution is 5.99. The molecule has 4 rings (SSSR count). The second-order valence-corrected chi connectivity index (χ2v) is 6.08. The number of hydrogen-bond donors (Lipinski definition) is 0. The average Bonchev–Trinajstić information content (AvgIpc) is 3.21. The van der Waals surface area contributed by atoms with Gasteiger partial charge in [-0.25, -0.2) is 0 Å². The van der Waals surface area contributed by atoms with E-state index in [0.717, 1.165) is 37.0 Å². The highest BCUT2D eigenvalue weighted by Gasteiger charge is 2.28. The van der Waals surface area contributed by atoms with Crippen molar-refractivity contribution >= 4 is 5.78 Å². The van der Waals surface area contributed by atoms with Crippen LogP contribution in [0.4, 0.5) is 0 Å². The fraction of sp³-hybridized carbons (Fsp3) is 0.316. The molecule has 0 aromatic heterocycles. The van der Waals surface area contributed by atoms with Gasteiger partial charge in [0, 0.05) is 11.5 Å². The van der Waals surface area contributed by atoms with Crippen LogP contribution in [0.25, 0.3) is 0 Å². The molecular formula is C19H18O2. The summed E-state index contributed by atoms with van der Waals surface area (Å²) in [5.74, 6) is 1.16. The maximum atomic E-state index is 12.7. The van der Waals surface area contributed by atoms with Crippen LogP contribution in [-0.4, -0.2) is 11.9 Å². The van der Waals surface area contributed by atoms with Gasteiger partial charge in [0.25, 0.3) is 0 Å². The first-order valence-corrected chi connectivity index (χ1v) is 7.67. The molecule has 2 heteroatoms. The summed E-state index contributed by atoms with van der Waals surface area (Å²) < 4.78 is 5.79. The van der Waals surface area contributed by atoms with E-state index in [1.165, 1.54) is 11.1 Å². The molecule has 0 spiro atoms. The van der Waals surface area contributed by atoms with Crippen LogP contribution in [-0.2, 0) is 12.8 Å². The molecule has 0 amide bonds. The molecule has 0 N–H and O–H groups in total. The van der Waals surface area contributed by atoms with Gasteiger partial charge in [-0.15, -0.1) is 0 Å². The Hall–Kier alpha value is -2.09. The number of hydrogen-bond acceptors (Lipinski definition) is 2. The monoisotopic (exact) mass is 278 g/mol. The van der Waals surface area contributed by atoms with Crippen LogP contribution in [0.15, 0.2) is 48.5 Å². The number of Topliss-reactive ketones (excluding diaryl/α,β-unsaturated/α-hetero) is 1. The highest BCUT2D eigenvalue weighted by Crippen LogP contribution is 2.31. The van der Waals surface area contributed by atoms with Crippen molar-refractivity contribution in [3.8, 4) is 5.75 Å².